The zero-order valence-corrected chi connectivity index (χ0v) is 22.1. The van der Waals surface area contributed by atoms with E-state index in [9.17, 15) is 23.2 Å². The molecule has 0 saturated heterocycles. The molecule has 0 bridgehead atoms. The van der Waals surface area contributed by atoms with Crippen molar-refractivity contribution < 1.29 is 22.7 Å². The Morgan fingerprint density at radius 2 is 1.87 bits per heavy atom. The molecule has 2 aromatic carbocycles. The van der Waals surface area contributed by atoms with Crippen LogP contribution in [0, 0.1) is 11.6 Å². The first-order valence-electron chi connectivity index (χ1n) is 13.1. The Balaban J connectivity index is 1.52. The second-order valence-electron chi connectivity index (χ2n) is 10.9. The Morgan fingerprint density at radius 3 is 2.56 bits per heavy atom. The van der Waals surface area contributed by atoms with Gasteiger partial charge >= 0.3 is 6.09 Å². The SMILES string of the molecule is CC(C)(C)OC(=O)NCCCc1ccc2oc3cc(C4CCC4)n(-c4cccc(F)c4F)c(=O)c3c(=O)c2c1. The van der Waals surface area contributed by atoms with E-state index in [0.29, 0.717) is 30.7 Å². The van der Waals surface area contributed by atoms with Crippen LogP contribution in [0.3, 0.4) is 0 Å². The number of rotatable bonds is 6. The molecule has 0 aliphatic heterocycles. The number of aromatic nitrogens is 1. The molecule has 9 heteroatoms. The molecule has 39 heavy (non-hydrogen) atoms. The van der Waals surface area contributed by atoms with Crippen molar-refractivity contribution in [1.82, 2.24) is 9.88 Å². The van der Waals surface area contributed by atoms with Crippen LogP contribution < -0.4 is 16.3 Å². The maximum absolute atomic E-state index is 14.8. The predicted molar refractivity (Wildman–Crippen MR) is 145 cm³/mol. The number of benzene rings is 2. The molecule has 1 N–H and O–H groups in total. The van der Waals surface area contributed by atoms with Crippen molar-refractivity contribution in [1.29, 1.82) is 0 Å². The number of amides is 1. The molecule has 7 nitrogen and oxygen atoms in total. The fourth-order valence-corrected chi connectivity index (χ4v) is 4.86. The fraction of sp³-hybridized carbons (Fsp3) is 0.367. The topological polar surface area (TPSA) is 90.5 Å². The summed E-state index contributed by atoms with van der Waals surface area (Å²) in [5.74, 6) is -2.25. The number of ether oxygens (including phenoxy) is 1. The Morgan fingerprint density at radius 1 is 1.10 bits per heavy atom. The average molecular weight is 537 g/mol. The summed E-state index contributed by atoms with van der Waals surface area (Å²) in [6, 6.07) is 10.5. The van der Waals surface area contributed by atoms with Crippen LogP contribution in [0.15, 0.2) is 56.5 Å². The Bertz CT molecular complexity index is 1700. The molecule has 4 aromatic rings. The summed E-state index contributed by atoms with van der Waals surface area (Å²) in [5, 5.41) is 2.71. The van der Waals surface area contributed by atoms with Gasteiger partial charge in [-0.05, 0) is 82.2 Å². The van der Waals surface area contributed by atoms with E-state index in [4.69, 9.17) is 9.15 Å². The molecule has 1 saturated carbocycles. The van der Waals surface area contributed by atoms with Crippen molar-refractivity contribution in [2.45, 2.75) is 64.4 Å². The number of carbonyl (C=O) groups excluding carboxylic acids is 1. The van der Waals surface area contributed by atoms with Crippen molar-refractivity contribution in [3.63, 3.8) is 0 Å². The number of nitrogens with zero attached hydrogens (tertiary/aromatic N) is 1. The molecule has 5 rings (SSSR count). The molecule has 1 fully saturated rings. The quantitative estimate of drug-likeness (QED) is 0.238. The number of pyridine rings is 1. The molecule has 1 amide bonds. The van der Waals surface area contributed by atoms with Crippen LogP contribution in [-0.2, 0) is 11.2 Å². The molecule has 0 spiro atoms. The Kier molecular flexibility index (Phi) is 7.01. The van der Waals surface area contributed by atoms with Crippen molar-refractivity contribution in [3.8, 4) is 5.69 Å². The predicted octanol–water partition coefficient (Wildman–Crippen LogP) is 6.10. The zero-order valence-electron chi connectivity index (χ0n) is 22.1. The summed E-state index contributed by atoms with van der Waals surface area (Å²) in [6.07, 6.45) is 3.21. The summed E-state index contributed by atoms with van der Waals surface area (Å²) in [7, 11) is 0. The highest BCUT2D eigenvalue weighted by molar-refractivity contribution is 5.90. The van der Waals surface area contributed by atoms with E-state index in [1.807, 2.05) is 6.07 Å². The van der Waals surface area contributed by atoms with Gasteiger partial charge in [0.1, 0.15) is 22.2 Å². The molecular weight excluding hydrogens is 506 g/mol. The van der Waals surface area contributed by atoms with Gasteiger partial charge in [-0.2, -0.15) is 0 Å². The molecule has 1 aliphatic rings. The number of fused-ring (bicyclic) bond motifs is 2. The smallest absolute Gasteiger partial charge is 0.407 e. The first kappa shape index (κ1) is 26.6. The highest BCUT2D eigenvalue weighted by Crippen LogP contribution is 2.38. The summed E-state index contributed by atoms with van der Waals surface area (Å²) < 4.78 is 41.3. The van der Waals surface area contributed by atoms with Crippen LogP contribution in [0.4, 0.5) is 13.6 Å². The van der Waals surface area contributed by atoms with Gasteiger partial charge in [0, 0.05) is 18.3 Å². The molecular formula is C30H30F2N2O5. The van der Waals surface area contributed by atoms with Gasteiger partial charge in [-0.25, -0.2) is 13.6 Å². The summed E-state index contributed by atoms with van der Waals surface area (Å²) in [6.45, 7) is 5.74. The normalized spacial score (nSPS) is 14.0. The molecule has 204 valence electrons. The highest BCUT2D eigenvalue weighted by atomic mass is 19.2. The van der Waals surface area contributed by atoms with Crippen molar-refractivity contribution >= 4 is 28.0 Å². The van der Waals surface area contributed by atoms with E-state index < -0.39 is 34.3 Å². The molecule has 0 unspecified atom stereocenters. The molecule has 2 heterocycles. The third-order valence-corrected chi connectivity index (χ3v) is 6.94. The van der Waals surface area contributed by atoms with Gasteiger partial charge in [-0.3, -0.25) is 14.2 Å². The van der Waals surface area contributed by atoms with Crippen LogP contribution in [0.1, 0.15) is 63.6 Å². The number of nitrogens with one attached hydrogen (secondary N) is 1. The van der Waals surface area contributed by atoms with E-state index in [-0.39, 0.29) is 28.0 Å². The minimum Gasteiger partial charge on any atom is -0.456 e. The van der Waals surface area contributed by atoms with E-state index in [1.165, 1.54) is 12.1 Å². The third-order valence-electron chi connectivity index (χ3n) is 6.94. The van der Waals surface area contributed by atoms with Crippen LogP contribution in [-0.4, -0.2) is 22.8 Å². The average Bonchev–Trinajstić information content (AvgIpc) is 2.82. The molecule has 0 radical (unpaired) electrons. The minimum absolute atomic E-state index is 0.0255. The van der Waals surface area contributed by atoms with Crippen molar-refractivity contribution in [2.75, 3.05) is 6.54 Å². The van der Waals surface area contributed by atoms with Crippen LogP contribution in [0.25, 0.3) is 27.6 Å². The lowest BCUT2D eigenvalue weighted by Crippen LogP contribution is -2.33. The Labute approximate surface area is 223 Å². The second kappa shape index (κ2) is 10.3. The molecule has 2 aromatic heterocycles. The van der Waals surface area contributed by atoms with Gasteiger partial charge < -0.3 is 14.5 Å². The first-order valence-corrected chi connectivity index (χ1v) is 13.1. The second-order valence-corrected chi connectivity index (χ2v) is 10.9. The number of halogens is 2. The lowest BCUT2D eigenvalue weighted by Gasteiger charge is -2.28. The number of hydrogen-bond acceptors (Lipinski definition) is 5. The minimum atomic E-state index is -1.15. The van der Waals surface area contributed by atoms with Gasteiger partial charge in [0.15, 0.2) is 11.6 Å². The maximum Gasteiger partial charge on any atom is 0.407 e. The molecule has 1 aliphatic carbocycles. The van der Waals surface area contributed by atoms with Crippen LogP contribution >= 0.6 is 0 Å². The summed E-state index contributed by atoms with van der Waals surface area (Å²) in [4.78, 5) is 39.2. The standard InChI is InChI=1S/C30H30F2N2O5/c1-30(2,3)39-29(37)33-14-6-7-17-12-13-23-19(15-17)27(35)25-24(38-23)16-22(18-8-4-9-18)34(28(25)36)21-11-5-10-20(31)26(21)32/h5,10-13,15-16,18H,4,6-9,14H2,1-3H3,(H,33,37). The monoisotopic (exact) mass is 536 g/mol. The summed E-state index contributed by atoms with van der Waals surface area (Å²) in [5.41, 5.74) is -0.301. The van der Waals surface area contributed by atoms with Gasteiger partial charge in [-0.15, -0.1) is 0 Å². The lowest BCUT2D eigenvalue weighted by molar-refractivity contribution is 0.0527. The largest absolute Gasteiger partial charge is 0.456 e. The number of aryl methyl sites for hydroxylation is 1. The van der Waals surface area contributed by atoms with Gasteiger partial charge in [-0.1, -0.05) is 18.6 Å². The maximum atomic E-state index is 14.8. The number of alkyl carbamates (subject to hydrolysis) is 1. The van der Waals surface area contributed by atoms with Gasteiger partial charge in [0.05, 0.1) is 11.1 Å². The van der Waals surface area contributed by atoms with Crippen molar-refractivity contribution in [2.24, 2.45) is 0 Å². The number of carbonyl (C=O) groups is 1. The Hall–Kier alpha value is -4.01. The first-order chi connectivity index (χ1) is 18.5. The number of hydrogen-bond donors (Lipinski definition) is 1. The third kappa shape index (κ3) is 5.30. The zero-order chi connectivity index (χ0) is 27.9. The van der Waals surface area contributed by atoms with E-state index >= 15 is 0 Å². The molecule has 0 atom stereocenters. The van der Waals surface area contributed by atoms with E-state index in [1.54, 1.807) is 39.0 Å². The van der Waals surface area contributed by atoms with Crippen LogP contribution in [0.2, 0.25) is 0 Å². The van der Waals surface area contributed by atoms with E-state index in [2.05, 4.69) is 5.32 Å². The van der Waals surface area contributed by atoms with Gasteiger partial charge in [0.25, 0.3) is 5.56 Å². The fourth-order valence-electron chi connectivity index (χ4n) is 4.86. The van der Waals surface area contributed by atoms with Crippen LogP contribution in [0.5, 0.6) is 0 Å². The van der Waals surface area contributed by atoms with E-state index in [0.717, 1.165) is 35.5 Å². The van der Waals surface area contributed by atoms with Gasteiger partial charge in [0.2, 0.25) is 5.43 Å². The van der Waals surface area contributed by atoms with Crippen molar-refractivity contribution in [3.05, 3.63) is 85.9 Å². The lowest BCUT2D eigenvalue weighted by atomic mass is 9.82. The highest BCUT2D eigenvalue weighted by Gasteiger charge is 2.28. The summed E-state index contributed by atoms with van der Waals surface area (Å²) >= 11 is 0.